The summed E-state index contributed by atoms with van der Waals surface area (Å²) in [5.74, 6) is 0. The molecule has 1 aromatic carbocycles. The Morgan fingerprint density at radius 1 is 0.895 bits per heavy atom. The summed E-state index contributed by atoms with van der Waals surface area (Å²) in [5.41, 5.74) is 1.33. The molecule has 0 aliphatic rings. The molecule has 0 aromatic heterocycles. The largest absolute Gasteiger partial charge is 0.380 e. The number of hydrogen-bond donors (Lipinski definition) is 1. The van der Waals surface area contributed by atoms with Crippen LogP contribution in [-0.4, -0.2) is 19.8 Å². The third-order valence-electron chi connectivity index (χ3n) is 3.24. The fourth-order valence-corrected chi connectivity index (χ4v) is 2.06. The minimum Gasteiger partial charge on any atom is -0.380 e. The van der Waals surface area contributed by atoms with Crippen LogP contribution in [0, 0.1) is 0 Å². The van der Waals surface area contributed by atoms with Crippen molar-refractivity contribution in [1.29, 1.82) is 0 Å². The van der Waals surface area contributed by atoms with Crippen molar-refractivity contribution in [3.63, 3.8) is 0 Å². The van der Waals surface area contributed by atoms with E-state index in [0.717, 1.165) is 26.3 Å². The molecule has 0 saturated carbocycles. The van der Waals surface area contributed by atoms with Crippen LogP contribution in [0.1, 0.15) is 51.0 Å². The molecule has 0 heterocycles. The van der Waals surface area contributed by atoms with Crippen molar-refractivity contribution in [2.75, 3.05) is 19.8 Å². The van der Waals surface area contributed by atoms with Crippen LogP contribution in [-0.2, 0) is 11.3 Å². The molecule has 0 bridgehead atoms. The lowest BCUT2D eigenvalue weighted by molar-refractivity contribution is 0.131. The van der Waals surface area contributed by atoms with Gasteiger partial charge >= 0.3 is 0 Å². The number of unbranched alkanes of at least 4 members (excludes halogenated alkanes) is 5. The van der Waals surface area contributed by atoms with Gasteiger partial charge in [-0.3, -0.25) is 0 Å². The van der Waals surface area contributed by atoms with Crippen LogP contribution in [0.3, 0.4) is 0 Å². The van der Waals surface area contributed by atoms with Gasteiger partial charge in [-0.15, -0.1) is 0 Å². The second-order valence-corrected chi connectivity index (χ2v) is 5.04. The highest BCUT2D eigenvalue weighted by Gasteiger charge is 1.93. The van der Waals surface area contributed by atoms with Crippen molar-refractivity contribution in [3.05, 3.63) is 35.9 Å². The molecule has 0 atom stereocenters. The van der Waals surface area contributed by atoms with Gasteiger partial charge in [-0.1, -0.05) is 69.4 Å². The van der Waals surface area contributed by atoms with Gasteiger partial charge in [0.1, 0.15) is 0 Å². The van der Waals surface area contributed by atoms with Gasteiger partial charge in [0.15, 0.2) is 0 Å². The first-order valence-corrected chi connectivity index (χ1v) is 7.76. The predicted molar refractivity (Wildman–Crippen MR) is 82.3 cm³/mol. The summed E-state index contributed by atoms with van der Waals surface area (Å²) >= 11 is 0. The second-order valence-electron chi connectivity index (χ2n) is 5.04. The van der Waals surface area contributed by atoms with Crippen molar-refractivity contribution in [2.24, 2.45) is 0 Å². The zero-order valence-corrected chi connectivity index (χ0v) is 12.4. The molecule has 1 N–H and O–H groups in total. The van der Waals surface area contributed by atoms with Crippen LogP contribution in [0.15, 0.2) is 30.3 Å². The van der Waals surface area contributed by atoms with E-state index in [0.29, 0.717) is 0 Å². The van der Waals surface area contributed by atoms with Gasteiger partial charge in [-0.2, -0.15) is 0 Å². The topological polar surface area (TPSA) is 21.3 Å². The quantitative estimate of drug-likeness (QED) is 0.572. The Morgan fingerprint density at radius 3 is 2.42 bits per heavy atom. The maximum absolute atomic E-state index is 5.62. The number of hydrogen-bond acceptors (Lipinski definition) is 2. The van der Waals surface area contributed by atoms with Gasteiger partial charge in [-0.25, -0.2) is 0 Å². The van der Waals surface area contributed by atoms with Gasteiger partial charge in [0, 0.05) is 19.7 Å². The van der Waals surface area contributed by atoms with Gasteiger partial charge in [-0.05, 0) is 12.0 Å². The summed E-state index contributed by atoms with van der Waals surface area (Å²) in [7, 11) is 0. The Kier molecular flexibility index (Phi) is 10.4. The minimum atomic E-state index is 0.821. The molecule has 0 radical (unpaired) electrons. The Hall–Kier alpha value is -0.860. The normalized spacial score (nSPS) is 10.8. The first-order valence-electron chi connectivity index (χ1n) is 7.76. The molecule has 0 spiro atoms. The van der Waals surface area contributed by atoms with Crippen LogP contribution in [0.4, 0.5) is 0 Å². The maximum atomic E-state index is 5.62. The summed E-state index contributed by atoms with van der Waals surface area (Å²) in [4.78, 5) is 0. The smallest absolute Gasteiger partial charge is 0.0591 e. The van der Waals surface area contributed by atoms with E-state index in [-0.39, 0.29) is 0 Å². The zero-order valence-electron chi connectivity index (χ0n) is 12.4. The van der Waals surface area contributed by atoms with Crippen LogP contribution >= 0.6 is 0 Å². The molecule has 0 unspecified atom stereocenters. The molecule has 19 heavy (non-hydrogen) atoms. The number of ether oxygens (including phenoxy) is 1. The summed E-state index contributed by atoms with van der Waals surface area (Å²) in [5, 5.41) is 3.40. The third-order valence-corrected chi connectivity index (χ3v) is 3.24. The Labute approximate surface area is 118 Å². The molecule has 108 valence electrons. The molecule has 0 saturated heterocycles. The fourth-order valence-electron chi connectivity index (χ4n) is 2.06. The summed E-state index contributed by atoms with van der Waals surface area (Å²) < 4.78 is 5.62. The van der Waals surface area contributed by atoms with E-state index in [2.05, 4.69) is 36.5 Å². The van der Waals surface area contributed by atoms with E-state index in [1.165, 1.54) is 44.1 Å². The van der Waals surface area contributed by atoms with Gasteiger partial charge < -0.3 is 10.1 Å². The van der Waals surface area contributed by atoms with E-state index >= 15 is 0 Å². The molecule has 2 nitrogen and oxygen atoms in total. The maximum Gasteiger partial charge on any atom is 0.0591 e. The summed E-state index contributed by atoms with van der Waals surface area (Å²) in [6, 6.07) is 10.5. The minimum absolute atomic E-state index is 0.821. The molecule has 1 aromatic rings. The van der Waals surface area contributed by atoms with Crippen molar-refractivity contribution in [1.82, 2.24) is 5.32 Å². The third kappa shape index (κ3) is 9.69. The van der Waals surface area contributed by atoms with Gasteiger partial charge in [0.05, 0.1) is 6.61 Å². The van der Waals surface area contributed by atoms with Crippen molar-refractivity contribution in [3.8, 4) is 0 Å². The SMILES string of the molecule is CCCCCCCCOCCNCc1ccccc1. The van der Waals surface area contributed by atoms with E-state index in [4.69, 9.17) is 4.74 Å². The average Bonchev–Trinajstić information content (AvgIpc) is 2.46. The first kappa shape index (κ1) is 16.2. The van der Waals surface area contributed by atoms with Gasteiger partial charge in [0.2, 0.25) is 0 Å². The molecular weight excluding hydrogens is 234 g/mol. The highest BCUT2D eigenvalue weighted by atomic mass is 16.5. The zero-order chi connectivity index (χ0) is 13.6. The molecule has 1 rings (SSSR count). The van der Waals surface area contributed by atoms with Gasteiger partial charge in [0.25, 0.3) is 0 Å². The van der Waals surface area contributed by atoms with E-state index < -0.39 is 0 Å². The first-order chi connectivity index (χ1) is 9.43. The average molecular weight is 263 g/mol. The van der Waals surface area contributed by atoms with Crippen LogP contribution in [0.5, 0.6) is 0 Å². The lowest BCUT2D eigenvalue weighted by Crippen LogP contribution is -2.19. The van der Waals surface area contributed by atoms with Crippen LogP contribution < -0.4 is 5.32 Å². The van der Waals surface area contributed by atoms with Crippen LogP contribution in [0.25, 0.3) is 0 Å². The van der Waals surface area contributed by atoms with Crippen LogP contribution in [0.2, 0.25) is 0 Å². The highest BCUT2D eigenvalue weighted by Crippen LogP contribution is 2.04. The molecular formula is C17H29NO. The fraction of sp³-hybridized carbons (Fsp3) is 0.647. The number of benzene rings is 1. The summed E-state index contributed by atoms with van der Waals surface area (Å²) in [6.07, 6.45) is 7.98. The second kappa shape index (κ2) is 12.2. The molecule has 0 aliphatic carbocycles. The monoisotopic (exact) mass is 263 g/mol. The Morgan fingerprint density at radius 2 is 1.63 bits per heavy atom. The van der Waals surface area contributed by atoms with Crippen molar-refractivity contribution in [2.45, 2.75) is 52.0 Å². The lowest BCUT2D eigenvalue weighted by Gasteiger charge is -2.06. The Balaban J connectivity index is 1.79. The standard InChI is InChI=1S/C17H29NO/c1-2-3-4-5-6-10-14-19-15-13-18-16-17-11-8-7-9-12-17/h7-9,11-12,18H,2-6,10,13-16H2,1H3. The molecule has 2 heteroatoms. The number of rotatable bonds is 12. The number of nitrogens with one attached hydrogen (secondary N) is 1. The van der Waals surface area contributed by atoms with E-state index in [9.17, 15) is 0 Å². The highest BCUT2D eigenvalue weighted by molar-refractivity contribution is 5.14. The summed E-state index contributed by atoms with van der Waals surface area (Å²) in [6.45, 7) is 5.86. The van der Waals surface area contributed by atoms with Crippen molar-refractivity contribution >= 4 is 0 Å². The van der Waals surface area contributed by atoms with Crippen molar-refractivity contribution < 1.29 is 4.74 Å². The van der Waals surface area contributed by atoms with E-state index in [1.54, 1.807) is 0 Å². The lowest BCUT2D eigenvalue weighted by atomic mass is 10.1. The van der Waals surface area contributed by atoms with E-state index in [1.807, 2.05) is 6.07 Å². The predicted octanol–water partition coefficient (Wildman–Crippen LogP) is 4.15. The molecule has 0 amide bonds. The molecule has 0 fully saturated rings. The molecule has 0 aliphatic heterocycles. The Bertz CT molecular complexity index is 287.